The predicted octanol–water partition coefficient (Wildman–Crippen LogP) is -1.15. The third-order valence-electron chi connectivity index (χ3n) is 11.3. The highest BCUT2D eigenvalue weighted by Gasteiger charge is 2.35. The van der Waals surface area contributed by atoms with Gasteiger partial charge in [-0.25, -0.2) is 0 Å². The van der Waals surface area contributed by atoms with E-state index in [1.54, 1.807) is 52.0 Å². The summed E-state index contributed by atoms with van der Waals surface area (Å²) >= 11 is 0. The van der Waals surface area contributed by atoms with E-state index >= 15 is 0 Å². The number of aliphatic imine (C=N–C) groups is 1. The highest BCUT2D eigenvalue weighted by Crippen LogP contribution is 2.13. The Bertz CT molecular complexity index is 2040. The van der Waals surface area contributed by atoms with E-state index in [1.807, 2.05) is 27.7 Å². The van der Waals surface area contributed by atoms with E-state index in [0.717, 1.165) is 5.56 Å². The number of nitrogens with two attached hydrogens (primary N) is 5. The van der Waals surface area contributed by atoms with Gasteiger partial charge in [-0.2, -0.15) is 0 Å². The van der Waals surface area contributed by atoms with Crippen molar-refractivity contribution in [2.45, 2.75) is 169 Å². The van der Waals surface area contributed by atoms with Gasteiger partial charge in [0.15, 0.2) is 5.96 Å². The smallest absolute Gasteiger partial charge is 0.243 e. The van der Waals surface area contributed by atoms with Crippen LogP contribution in [0, 0.1) is 29.1 Å². The van der Waals surface area contributed by atoms with E-state index < -0.39 is 108 Å². The number of nitrogens with one attached hydrogen (secondary N) is 9. The summed E-state index contributed by atoms with van der Waals surface area (Å²) in [4.78, 5) is 125. The SMILES string of the molecule is CC(=O)N[C@@H](CC(C)C)C(=O)N[C@@H](CC(C)C)C(=O)N[C@@H](CC(N)=O)C(=O)N[C@@H](CC(C)C)C(=O)N[C@@H](CCCN=C(N)N)C(=O)N[C@H](C(=O)N[C@@H](CCCCN)C(=O)NCc1ccc(C(=N)N)cc1)C(C)C. The number of carbonyl (C=O) groups is 9. The van der Waals surface area contributed by atoms with Crippen molar-refractivity contribution in [3.63, 3.8) is 0 Å². The third-order valence-corrected chi connectivity index (χ3v) is 11.3. The number of amidine groups is 1. The largest absolute Gasteiger partial charge is 0.384 e. The molecule has 410 valence electrons. The molecule has 1 rings (SSSR count). The van der Waals surface area contributed by atoms with Gasteiger partial charge in [0, 0.05) is 25.6 Å². The van der Waals surface area contributed by atoms with Crippen LogP contribution in [0.15, 0.2) is 29.3 Å². The third kappa shape index (κ3) is 25.9. The van der Waals surface area contributed by atoms with E-state index in [2.05, 4.69) is 47.5 Å². The predicted molar refractivity (Wildman–Crippen MR) is 278 cm³/mol. The molecule has 19 N–H and O–H groups in total. The van der Waals surface area contributed by atoms with Crippen LogP contribution in [0.2, 0.25) is 0 Å². The van der Waals surface area contributed by atoms with E-state index in [4.69, 9.17) is 34.1 Å². The fourth-order valence-electron chi connectivity index (χ4n) is 7.55. The summed E-state index contributed by atoms with van der Waals surface area (Å²) in [5.74, 6) is -7.72. The summed E-state index contributed by atoms with van der Waals surface area (Å²) in [6.07, 6.45) is 1.20. The van der Waals surface area contributed by atoms with Crippen LogP contribution in [0.1, 0.15) is 131 Å². The number of guanidine groups is 1. The van der Waals surface area contributed by atoms with Crippen LogP contribution in [0.25, 0.3) is 0 Å². The Morgan fingerprint density at radius 3 is 1.40 bits per heavy atom. The first-order chi connectivity index (χ1) is 34.1. The first kappa shape index (κ1) is 64.2. The summed E-state index contributed by atoms with van der Waals surface area (Å²) in [5.41, 5.74) is 29.1. The minimum absolute atomic E-state index is 0.00589. The molecule has 1 aromatic carbocycles. The number of hydrogen-bond acceptors (Lipinski definition) is 12. The van der Waals surface area contributed by atoms with Gasteiger partial charge in [-0.15, -0.1) is 0 Å². The molecule has 0 saturated heterocycles. The molecule has 0 spiro atoms. The van der Waals surface area contributed by atoms with Crippen molar-refractivity contribution in [2.75, 3.05) is 13.1 Å². The van der Waals surface area contributed by atoms with Crippen LogP contribution in [-0.2, 0) is 49.7 Å². The number of nitrogens with zero attached hydrogens (tertiary/aromatic N) is 1. The van der Waals surface area contributed by atoms with Gasteiger partial charge in [0.25, 0.3) is 0 Å². The molecule has 9 amide bonds. The summed E-state index contributed by atoms with van der Waals surface area (Å²) < 4.78 is 0. The van der Waals surface area contributed by atoms with Gasteiger partial charge in [-0.05, 0) is 87.1 Å². The van der Waals surface area contributed by atoms with Crippen LogP contribution >= 0.6 is 0 Å². The van der Waals surface area contributed by atoms with Crippen molar-refractivity contribution in [1.29, 1.82) is 5.41 Å². The average Bonchev–Trinajstić information content (AvgIpc) is 3.28. The Morgan fingerprint density at radius 2 is 0.959 bits per heavy atom. The zero-order chi connectivity index (χ0) is 55.5. The van der Waals surface area contributed by atoms with Gasteiger partial charge in [0.2, 0.25) is 53.2 Å². The minimum Gasteiger partial charge on any atom is -0.384 e. The van der Waals surface area contributed by atoms with Gasteiger partial charge >= 0.3 is 0 Å². The van der Waals surface area contributed by atoms with Crippen LogP contribution in [-0.4, -0.2) is 120 Å². The molecule has 0 unspecified atom stereocenters. The summed E-state index contributed by atoms with van der Waals surface area (Å²) in [5, 5.41) is 29.0. The van der Waals surface area contributed by atoms with Crippen LogP contribution < -0.4 is 71.2 Å². The number of amides is 9. The lowest BCUT2D eigenvalue weighted by Crippen LogP contribution is -2.61. The molecule has 1 aromatic rings. The second-order valence-electron chi connectivity index (χ2n) is 19.9. The number of hydrogen-bond donors (Lipinski definition) is 14. The number of rotatable bonds is 34. The molecule has 0 aromatic heterocycles. The molecule has 7 atom stereocenters. The van der Waals surface area contributed by atoms with Crippen LogP contribution in [0.5, 0.6) is 0 Å². The molecule has 0 radical (unpaired) electrons. The zero-order valence-corrected chi connectivity index (χ0v) is 44.2. The maximum absolute atomic E-state index is 14.2. The van der Waals surface area contributed by atoms with Gasteiger partial charge in [-0.1, -0.05) is 79.7 Å². The second kappa shape index (κ2) is 33.0. The maximum Gasteiger partial charge on any atom is 0.243 e. The Hall–Kier alpha value is -6.85. The average molecular weight is 1030 g/mol. The number of nitrogen functional groups attached to an aromatic ring is 1. The molecule has 73 heavy (non-hydrogen) atoms. The van der Waals surface area contributed by atoms with Gasteiger partial charge < -0.3 is 71.2 Å². The van der Waals surface area contributed by atoms with E-state index in [9.17, 15) is 43.2 Å². The number of primary amides is 1. The maximum atomic E-state index is 14.2. The summed E-state index contributed by atoms with van der Waals surface area (Å²) in [6.45, 7) is 16.1. The second-order valence-corrected chi connectivity index (χ2v) is 19.9. The fourth-order valence-corrected chi connectivity index (χ4v) is 7.55. The monoisotopic (exact) mass is 1030 g/mol. The summed E-state index contributed by atoms with van der Waals surface area (Å²) in [7, 11) is 0. The number of unbranched alkanes of at least 4 members (excludes halogenated alkanes) is 1. The van der Waals surface area contributed by atoms with Crippen molar-refractivity contribution < 1.29 is 43.2 Å². The zero-order valence-electron chi connectivity index (χ0n) is 44.2. The number of carbonyl (C=O) groups excluding carboxylic acids is 9. The first-order valence-electron chi connectivity index (χ1n) is 25.0. The van der Waals surface area contributed by atoms with E-state index in [-0.39, 0.29) is 81.2 Å². The van der Waals surface area contributed by atoms with Crippen LogP contribution in [0.4, 0.5) is 0 Å². The molecule has 0 bridgehead atoms. The molecular formula is C49H85N15O9. The summed E-state index contributed by atoms with van der Waals surface area (Å²) in [6, 6.07) is -1.90. The molecule has 24 heteroatoms. The highest BCUT2D eigenvalue weighted by atomic mass is 16.2. The molecule has 0 aliphatic rings. The number of benzene rings is 1. The molecule has 0 fully saturated rings. The van der Waals surface area contributed by atoms with E-state index in [0.29, 0.717) is 24.9 Å². The van der Waals surface area contributed by atoms with Crippen molar-refractivity contribution in [2.24, 2.45) is 57.3 Å². The van der Waals surface area contributed by atoms with Crippen LogP contribution in [0.3, 0.4) is 0 Å². The quantitative estimate of drug-likeness (QED) is 0.0221. The van der Waals surface area contributed by atoms with Crippen molar-refractivity contribution in [1.82, 2.24) is 42.5 Å². The molecule has 0 saturated carbocycles. The minimum atomic E-state index is -1.61. The van der Waals surface area contributed by atoms with Gasteiger partial charge in [0.1, 0.15) is 48.1 Å². The highest BCUT2D eigenvalue weighted by molar-refractivity contribution is 5.99. The van der Waals surface area contributed by atoms with Crippen molar-refractivity contribution in [3.05, 3.63) is 35.4 Å². The normalized spacial score (nSPS) is 14.1. The van der Waals surface area contributed by atoms with Gasteiger partial charge in [0.05, 0.1) is 6.42 Å². The molecular weight excluding hydrogens is 943 g/mol. The standard InChI is InChI=1S/C49H85N15O9/c1-26(2)21-35(58-30(9)65)44(69)61-37(23-28(5)6)46(71)63-38(24-39(51)66)47(72)62-36(22-27(3)4)45(70)59-34(14-12-20-56-49(54)55)43(68)64-40(29(7)8)48(73)60-33(13-10-11-19-50)42(67)57-25-31-15-17-32(18-16-31)41(52)53/h15-18,26-29,33-38,40H,10-14,19-25,50H2,1-9H3,(H2,51,66)(H3,52,53)(H,57,67)(H,58,65)(H,59,70)(H,60,73)(H,61,69)(H,62,72)(H,63,71)(H,64,68)(H4,54,55,56)/t33-,34-,35-,36-,37-,38-,40-/m0/s1. The van der Waals surface area contributed by atoms with Crippen molar-refractivity contribution >= 4 is 65.0 Å². The molecule has 0 aliphatic heterocycles. The topological polar surface area (TPSA) is 416 Å². The lowest BCUT2D eigenvalue weighted by Gasteiger charge is -2.29. The Balaban J connectivity index is 3.46. The molecule has 0 aliphatic carbocycles. The van der Waals surface area contributed by atoms with E-state index in [1.165, 1.54) is 6.92 Å². The lowest BCUT2D eigenvalue weighted by atomic mass is 9.99. The molecule has 0 heterocycles. The van der Waals surface area contributed by atoms with Gasteiger partial charge in [-0.3, -0.25) is 53.6 Å². The first-order valence-corrected chi connectivity index (χ1v) is 25.0. The Morgan fingerprint density at radius 1 is 0.534 bits per heavy atom. The Kier molecular flexibility index (Phi) is 29.0. The molecule has 24 nitrogen and oxygen atoms in total. The van der Waals surface area contributed by atoms with Crippen molar-refractivity contribution in [3.8, 4) is 0 Å². The lowest BCUT2D eigenvalue weighted by molar-refractivity contribution is -0.137. The fraction of sp³-hybridized carbons (Fsp3) is 0.653. The Labute approximate surface area is 429 Å².